The molecule has 9 rings (SSSR count). The number of hydrogen-bond acceptors (Lipinski definition) is 12. The summed E-state index contributed by atoms with van der Waals surface area (Å²) in [5, 5.41) is 17.5. The predicted octanol–water partition coefficient (Wildman–Crippen LogP) is 6.90. The highest BCUT2D eigenvalue weighted by Gasteiger charge is 2.43. The molecule has 5 amide bonds. The van der Waals surface area contributed by atoms with Crippen molar-refractivity contribution in [1.82, 2.24) is 24.9 Å². The first-order valence-electron chi connectivity index (χ1n) is 22.4. The Bertz CT molecular complexity index is 2660. The molecular weight excluding hydrogens is 827 g/mol. The van der Waals surface area contributed by atoms with E-state index in [0.717, 1.165) is 93.1 Å². The molecule has 1 atom stereocenters. The molecule has 1 N–H and O–H groups in total. The van der Waals surface area contributed by atoms with Crippen molar-refractivity contribution in [1.29, 1.82) is 5.26 Å². The van der Waals surface area contributed by atoms with E-state index in [1.807, 2.05) is 56.4 Å². The summed E-state index contributed by atoms with van der Waals surface area (Å²) in [6.07, 6.45) is 3.30. The lowest BCUT2D eigenvalue weighted by atomic mass is 9.92. The van der Waals surface area contributed by atoms with E-state index < -0.39 is 12.1 Å². The standard InChI is InChI=1S/C49H53N9O7/c1-4-64-43-30-33(8-15-42(43)63-3)39(16-21-50)58-47(60)38-6-5-7-40(45(38)48(58)61)56-23-18-32(19-24-56)17-22-54-26-28-55(29-27-54)34-9-11-35(12-10-34)65-36-13-14-37-41(31-36)53(2)52-46(37)57-25-20-44(59)51-49(57)62/h5-15,30-32,39H,4,16-20,22-29H2,1-3H3,(H,51,59,62)/t39-/m1/s1. The van der Waals surface area contributed by atoms with Gasteiger partial charge in [0.2, 0.25) is 5.91 Å². The predicted molar refractivity (Wildman–Crippen MR) is 245 cm³/mol. The van der Waals surface area contributed by atoms with Crippen molar-refractivity contribution in [2.24, 2.45) is 13.0 Å². The van der Waals surface area contributed by atoms with Crippen LogP contribution in [-0.2, 0) is 11.8 Å². The molecule has 0 spiro atoms. The van der Waals surface area contributed by atoms with E-state index in [-0.39, 0.29) is 37.1 Å². The lowest BCUT2D eigenvalue weighted by Crippen LogP contribution is -2.49. The summed E-state index contributed by atoms with van der Waals surface area (Å²) in [6, 6.07) is 25.6. The molecule has 4 aliphatic heterocycles. The van der Waals surface area contributed by atoms with Crippen molar-refractivity contribution < 1.29 is 33.4 Å². The van der Waals surface area contributed by atoms with Crippen LogP contribution in [0.25, 0.3) is 10.9 Å². The topological polar surface area (TPSA) is 166 Å². The van der Waals surface area contributed by atoms with Crippen LogP contribution in [0.5, 0.6) is 23.0 Å². The smallest absolute Gasteiger partial charge is 0.329 e. The number of ether oxygens (including phenoxy) is 3. The SMILES string of the molecule is CCOc1cc([C@@H](CC#N)N2C(=O)c3cccc(N4CCC(CCN5CCN(c6ccc(Oc7ccc8c(N9CCC(=O)NC9=O)nn(C)c8c7)cc6)CC5)CC4)c3C2=O)ccc1OC. The number of piperazine rings is 1. The Morgan fingerprint density at radius 3 is 2.34 bits per heavy atom. The van der Waals surface area contributed by atoms with Gasteiger partial charge in [-0.15, -0.1) is 0 Å². The van der Waals surface area contributed by atoms with Gasteiger partial charge in [0.15, 0.2) is 17.3 Å². The molecule has 3 fully saturated rings. The van der Waals surface area contributed by atoms with Crippen LogP contribution < -0.4 is 34.2 Å². The van der Waals surface area contributed by atoms with Gasteiger partial charge in [-0.25, -0.2) is 4.79 Å². The summed E-state index contributed by atoms with van der Waals surface area (Å²) < 4.78 is 19.2. The highest BCUT2D eigenvalue weighted by molar-refractivity contribution is 6.24. The number of urea groups is 1. The van der Waals surface area contributed by atoms with E-state index in [4.69, 9.17) is 14.2 Å². The minimum Gasteiger partial charge on any atom is -0.493 e. The van der Waals surface area contributed by atoms with E-state index in [9.17, 15) is 24.4 Å². The van der Waals surface area contributed by atoms with Gasteiger partial charge in [0.05, 0.1) is 54.6 Å². The van der Waals surface area contributed by atoms with Gasteiger partial charge in [0, 0.05) is 76.4 Å². The molecule has 0 unspecified atom stereocenters. The van der Waals surface area contributed by atoms with Gasteiger partial charge >= 0.3 is 6.03 Å². The number of rotatable bonds is 14. The molecule has 1 aromatic heterocycles. The maximum absolute atomic E-state index is 14.2. The fourth-order valence-corrected chi connectivity index (χ4v) is 9.61. The first kappa shape index (κ1) is 43.1. The number of piperidine rings is 1. The van der Waals surface area contributed by atoms with Crippen molar-refractivity contribution in [3.05, 3.63) is 95.6 Å². The van der Waals surface area contributed by atoms with Crippen molar-refractivity contribution in [2.75, 3.05) is 80.8 Å². The molecule has 0 radical (unpaired) electrons. The fourth-order valence-electron chi connectivity index (χ4n) is 9.61. The van der Waals surface area contributed by atoms with Gasteiger partial charge in [0.1, 0.15) is 11.5 Å². The Labute approximate surface area is 377 Å². The molecule has 16 nitrogen and oxygen atoms in total. The number of aryl methyl sites for hydroxylation is 1. The molecule has 0 aliphatic carbocycles. The van der Waals surface area contributed by atoms with Crippen LogP contribution in [0.15, 0.2) is 78.9 Å². The number of carbonyl (C=O) groups excluding carboxylic acids is 4. The number of nitrogens with one attached hydrogen (secondary N) is 1. The summed E-state index contributed by atoms with van der Waals surface area (Å²) in [6.45, 7) is 9.05. The molecule has 5 aromatic rings. The minimum absolute atomic E-state index is 0.0483. The summed E-state index contributed by atoms with van der Waals surface area (Å²) in [4.78, 5) is 62.2. The van der Waals surface area contributed by atoms with E-state index >= 15 is 0 Å². The lowest BCUT2D eigenvalue weighted by Gasteiger charge is -2.38. The van der Waals surface area contributed by atoms with Crippen LogP contribution in [0.1, 0.15) is 71.3 Å². The molecule has 65 heavy (non-hydrogen) atoms. The zero-order valence-corrected chi connectivity index (χ0v) is 37.0. The third-order valence-corrected chi connectivity index (χ3v) is 13.1. The van der Waals surface area contributed by atoms with Crippen LogP contribution in [-0.4, -0.2) is 109 Å². The number of fused-ring (bicyclic) bond motifs is 2. The second kappa shape index (κ2) is 18.5. The van der Waals surface area contributed by atoms with Gasteiger partial charge in [-0.2, -0.15) is 10.4 Å². The summed E-state index contributed by atoms with van der Waals surface area (Å²) in [7, 11) is 3.37. The number of benzene rings is 4. The first-order valence-corrected chi connectivity index (χ1v) is 22.4. The molecule has 336 valence electrons. The molecule has 0 saturated carbocycles. The van der Waals surface area contributed by atoms with Crippen molar-refractivity contribution >= 4 is 51.8 Å². The number of hydrogen-bond donors (Lipinski definition) is 1. The molecular formula is C49H53N9O7. The molecule has 4 aliphatic rings. The lowest BCUT2D eigenvalue weighted by molar-refractivity contribution is -0.120. The van der Waals surface area contributed by atoms with E-state index in [0.29, 0.717) is 52.3 Å². The fraction of sp³-hybridized carbons (Fsp3) is 0.388. The second-order valence-corrected chi connectivity index (χ2v) is 16.9. The maximum Gasteiger partial charge on any atom is 0.329 e. The Morgan fingerprint density at radius 1 is 0.846 bits per heavy atom. The number of nitriles is 1. The first-order chi connectivity index (χ1) is 31.6. The number of imide groups is 2. The Balaban J connectivity index is 0.754. The highest BCUT2D eigenvalue weighted by Crippen LogP contribution is 2.41. The third kappa shape index (κ3) is 8.63. The minimum atomic E-state index is -0.773. The number of methoxy groups -OCH3 is 1. The number of aromatic nitrogens is 2. The van der Waals surface area contributed by atoms with E-state index in [1.54, 1.807) is 36.1 Å². The molecule has 4 aromatic carbocycles. The number of amides is 5. The monoisotopic (exact) mass is 879 g/mol. The number of anilines is 3. The molecule has 16 heteroatoms. The quantitative estimate of drug-likeness (QED) is 0.115. The van der Waals surface area contributed by atoms with Gasteiger partial charge in [-0.1, -0.05) is 12.1 Å². The van der Waals surface area contributed by atoms with Crippen LogP contribution >= 0.6 is 0 Å². The van der Waals surface area contributed by atoms with Gasteiger partial charge in [0.25, 0.3) is 11.8 Å². The Kier molecular flexibility index (Phi) is 12.3. The zero-order valence-electron chi connectivity index (χ0n) is 37.0. The Hall–Kier alpha value is -7.12. The summed E-state index contributed by atoms with van der Waals surface area (Å²) in [5.74, 6) is 2.45. The maximum atomic E-state index is 14.2. The Morgan fingerprint density at radius 2 is 1.62 bits per heavy atom. The largest absolute Gasteiger partial charge is 0.493 e. The van der Waals surface area contributed by atoms with Crippen molar-refractivity contribution in [2.45, 2.75) is 45.1 Å². The highest BCUT2D eigenvalue weighted by atomic mass is 16.5. The second-order valence-electron chi connectivity index (χ2n) is 16.9. The normalized spacial score (nSPS) is 17.6. The summed E-state index contributed by atoms with van der Waals surface area (Å²) in [5.41, 5.74) is 4.18. The molecule has 5 heterocycles. The van der Waals surface area contributed by atoms with Crippen molar-refractivity contribution in [3.8, 4) is 29.1 Å². The summed E-state index contributed by atoms with van der Waals surface area (Å²) >= 11 is 0. The van der Waals surface area contributed by atoms with Gasteiger partial charge < -0.3 is 24.0 Å². The third-order valence-electron chi connectivity index (χ3n) is 13.1. The van der Waals surface area contributed by atoms with Crippen LogP contribution in [0.4, 0.5) is 22.0 Å². The van der Waals surface area contributed by atoms with E-state index in [1.165, 1.54) is 9.80 Å². The zero-order chi connectivity index (χ0) is 45.2. The van der Waals surface area contributed by atoms with Crippen LogP contribution in [0.3, 0.4) is 0 Å². The van der Waals surface area contributed by atoms with Gasteiger partial charge in [-0.05, 0) is 105 Å². The molecule has 3 saturated heterocycles. The average molecular weight is 880 g/mol. The van der Waals surface area contributed by atoms with E-state index in [2.05, 4.69) is 43.3 Å². The number of carbonyl (C=O) groups is 4. The number of nitrogens with zero attached hydrogens (tertiary/aromatic N) is 8. The molecule has 0 bridgehead atoms. The van der Waals surface area contributed by atoms with Crippen LogP contribution in [0.2, 0.25) is 0 Å². The average Bonchev–Trinajstić information content (AvgIpc) is 3.78. The van der Waals surface area contributed by atoms with Crippen LogP contribution in [0, 0.1) is 17.2 Å². The van der Waals surface area contributed by atoms with Crippen molar-refractivity contribution in [3.63, 3.8) is 0 Å². The van der Waals surface area contributed by atoms with Gasteiger partial charge in [-0.3, -0.25) is 39.1 Å².